The monoisotopic (exact) mass is 267 g/mol. The fourth-order valence-corrected chi connectivity index (χ4v) is 3.53. The van der Waals surface area contributed by atoms with Crippen LogP contribution >= 0.6 is 11.3 Å². The zero-order valence-corrected chi connectivity index (χ0v) is 11.5. The van der Waals surface area contributed by atoms with Crippen LogP contribution in [-0.2, 0) is 17.8 Å². The fraction of sp³-hybridized carbons (Fsp3) is 0.643. The Kier molecular flexibility index (Phi) is 5.20. The fourth-order valence-electron chi connectivity index (χ4n) is 2.55. The molecule has 0 aliphatic heterocycles. The topological polar surface area (TPSA) is 49.3 Å². The van der Waals surface area contributed by atoms with E-state index in [9.17, 15) is 4.79 Å². The van der Waals surface area contributed by atoms with E-state index in [0.717, 1.165) is 23.9 Å². The second kappa shape index (κ2) is 6.90. The van der Waals surface area contributed by atoms with Crippen LogP contribution < -0.4 is 5.32 Å². The third-order valence-electron chi connectivity index (χ3n) is 3.50. The average molecular weight is 267 g/mol. The van der Waals surface area contributed by atoms with Crippen LogP contribution in [0.15, 0.2) is 12.1 Å². The third-order valence-corrected chi connectivity index (χ3v) is 4.58. The molecule has 0 unspecified atom stereocenters. The highest BCUT2D eigenvalue weighted by Gasteiger charge is 2.12. The normalized spacial score (nSPS) is 16.9. The summed E-state index contributed by atoms with van der Waals surface area (Å²) in [6, 6.07) is 3.97. The van der Waals surface area contributed by atoms with Crippen molar-refractivity contribution in [1.29, 1.82) is 0 Å². The van der Waals surface area contributed by atoms with Crippen molar-refractivity contribution in [3.8, 4) is 0 Å². The zero-order valence-electron chi connectivity index (χ0n) is 10.7. The van der Waals surface area contributed by atoms with E-state index in [1.807, 2.05) is 12.1 Å². The molecule has 2 N–H and O–H groups in total. The highest BCUT2D eigenvalue weighted by Crippen LogP contribution is 2.23. The summed E-state index contributed by atoms with van der Waals surface area (Å²) >= 11 is 1.60. The van der Waals surface area contributed by atoms with Crippen LogP contribution in [0, 0.1) is 5.92 Å². The third kappa shape index (κ3) is 4.42. The number of thiophene rings is 1. The number of aliphatic carboxylic acids is 1. The Balaban J connectivity index is 1.69. The molecule has 0 aromatic carbocycles. The van der Waals surface area contributed by atoms with E-state index in [1.54, 1.807) is 11.3 Å². The van der Waals surface area contributed by atoms with Gasteiger partial charge in [-0.15, -0.1) is 11.3 Å². The summed E-state index contributed by atoms with van der Waals surface area (Å²) in [6.45, 7) is 1.98. The van der Waals surface area contributed by atoms with Gasteiger partial charge in [0.05, 0.1) is 6.42 Å². The van der Waals surface area contributed by atoms with Gasteiger partial charge in [0.2, 0.25) is 0 Å². The Morgan fingerprint density at radius 3 is 2.72 bits per heavy atom. The van der Waals surface area contributed by atoms with Gasteiger partial charge >= 0.3 is 5.97 Å². The van der Waals surface area contributed by atoms with E-state index in [2.05, 4.69) is 5.32 Å². The smallest absolute Gasteiger partial charge is 0.308 e. The van der Waals surface area contributed by atoms with Gasteiger partial charge in [-0.05, 0) is 37.4 Å². The molecule has 18 heavy (non-hydrogen) atoms. The molecule has 1 aliphatic carbocycles. The molecule has 0 saturated heterocycles. The highest BCUT2D eigenvalue weighted by molar-refractivity contribution is 7.12. The van der Waals surface area contributed by atoms with Gasteiger partial charge in [-0.25, -0.2) is 0 Å². The van der Waals surface area contributed by atoms with Crippen molar-refractivity contribution in [2.24, 2.45) is 5.92 Å². The van der Waals surface area contributed by atoms with Gasteiger partial charge in [-0.3, -0.25) is 4.79 Å². The Morgan fingerprint density at radius 2 is 2.00 bits per heavy atom. The van der Waals surface area contributed by atoms with Crippen LogP contribution in [0.3, 0.4) is 0 Å². The lowest BCUT2D eigenvalue weighted by Crippen LogP contribution is -2.23. The highest BCUT2D eigenvalue weighted by atomic mass is 32.1. The minimum atomic E-state index is -0.751. The molecule has 2 rings (SSSR count). The summed E-state index contributed by atoms with van der Waals surface area (Å²) in [5.41, 5.74) is 0. The maximum absolute atomic E-state index is 10.6. The molecule has 1 aromatic rings. The Bertz CT molecular complexity index is 383. The lowest BCUT2D eigenvalue weighted by molar-refractivity contribution is -0.136. The molecule has 3 nitrogen and oxygen atoms in total. The molecule has 0 amide bonds. The van der Waals surface area contributed by atoms with Gasteiger partial charge in [0.15, 0.2) is 0 Å². The second-order valence-corrected chi connectivity index (χ2v) is 6.33. The van der Waals surface area contributed by atoms with E-state index in [-0.39, 0.29) is 6.42 Å². The van der Waals surface area contributed by atoms with Gasteiger partial charge < -0.3 is 10.4 Å². The average Bonchev–Trinajstić information content (AvgIpc) is 2.77. The van der Waals surface area contributed by atoms with Crippen molar-refractivity contribution in [3.63, 3.8) is 0 Å². The summed E-state index contributed by atoms with van der Waals surface area (Å²) in [5.74, 6) is 0.0933. The first-order valence-electron chi connectivity index (χ1n) is 6.74. The van der Waals surface area contributed by atoms with Crippen molar-refractivity contribution >= 4 is 17.3 Å². The summed E-state index contributed by atoms with van der Waals surface area (Å²) in [7, 11) is 0. The molecular weight excluding hydrogens is 246 g/mol. The van der Waals surface area contributed by atoms with Crippen molar-refractivity contribution in [3.05, 3.63) is 21.9 Å². The van der Waals surface area contributed by atoms with E-state index in [4.69, 9.17) is 5.11 Å². The van der Waals surface area contributed by atoms with Crippen molar-refractivity contribution in [2.75, 3.05) is 6.54 Å². The summed E-state index contributed by atoms with van der Waals surface area (Å²) < 4.78 is 0. The van der Waals surface area contributed by atoms with Gasteiger partial charge in [0.1, 0.15) is 0 Å². The minimum absolute atomic E-state index is 0.146. The van der Waals surface area contributed by atoms with E-state index in [0.29, 0.717) is 0 Å². The molecule has 0 bridgehead atoms. The Morgan fingerprint density at radius 1 is 1.28 bits per heavy atom. The van der Waals surface area contributed by atoms with Gasteiger partial charge in [-0.2, -0.15) is 0 Å². The molecule has 1 fully saturated rings. The van der Waals surface area contributed by atoms with Crippen LogP contribution in [0.25, 0.3) is 0 Å². The predicted molar refractivity (Wildman–Crippen MR) is 73.9 cm³/mol. The number of carboxylic acids is 1. The molecule has 1 saturated carbocycles. The number of carbonyl (C=O) groups is 1. The van der Waals surface area contributed by atoms with E-state index in [1.165, 1.54) is 37.0 Å². The maximum atomic E-state index is 10.6. The second-order valence-electron chi connectivity index (χ2n) is 5.07. The van der Waals surface area contributed by atoms with E-state index < -0.39 is 5.97 Å². The molecule has 100 valence electrons. The first-order valence-corrected chi connectivity index (χ1v) is 7.56. The Labute approximate surface area is 112 Å². The number of nitrogens with one attached hydrogen (secondary N) is 1. The summed E-state index contributed by atoms with van der Waals surface area (Å²) in [6.07, 6.45) is 7.04. The first kappa shape index (κ1) is 13.6. The van der Waals surface area contributed by atoms with Gasteiger partial charge in [-0.1, -0.05) is 19.3 Å². The van der Waals surface area contributed by atoms with Crippen molar-refractivity contribution in [2.45, 2.75) is 45.1 Å². The maximum Gasteiger partial charge on any atom is 0.308 e. The van der Waals surface area contributed by atoms with Crippen LogP contribution in [0.2, 0.25) is 0 Å². The zero-order chi connectivity index (χ0) is 12.8. The van der Waals surface area contributed by atoms with Crippen molar-refractivity contribution in [1.82, 2.24) is 5.32 Å². The Hall–Kier alpha value is -0.870. The molecular formula is C14H21NO2S. The van der Waals surface area contributed by atoms with Crippen LogP contribution in [0.4, 0.5) is 0 Å². The van der Waals surface area contributed by atoms with E-state index >= 15 is 0 Å². The first-order chi connectivity index (χ1) is 8.74. The molecule has 0 spiro atoms. The lowest BCUT2D eigenvalue weighted by atomic mass is 9.89. The number of rotatable bonds is 6. The standard InChI is InChI=1S/C14H21NO2S/c16-14(17)8-12-6-7-13(18-12)10-15-9-11-4-2-1-3-5-11/h6-7,11,15H,1-5,8-10H2,(H,16,17). The number of hydrogen-bond acceptors (Lipinski definition) is 3. The summed E-state index contributed by atoms with van der Waals surface area (Å²) in [5, 5.41) is 12.2. The van der Waals surface area contributed by atoms with Gasteiger partial charge in [0, 0.05) is 16.3 Å². The van der Waals surface area contributed by atoms with Gasteiger partial charge in [0.25, 0.3) is 0 Å². The minimum Gasteiger partial charge on any atom is -0.481 e. The quantitative estimate of drug-likeness (QED) is 0.833. The summed E-state index contributed by atoms with van der Waals surface area (Å²) in [4.78, 5) is 12.8. The molecule has 1 heterocycles. The number of hydrogen-bond donors (Lipinski definition) is 2. The van der Waals surface area contributed by atoms with Crippen LogP contribution in [0.5, 0.6) is 0 Å². The number of carboxylic acid groups (broad SMARTS) is 1. The molecule has 4 heteroatoms. The molecule has 0 atom stereocenters. The largest absolute Gasteiger partial charge is 0.481 e. The molecule has 1 aliphatic rings. The lowest BCUT2D eigenvalue weighted by Gasteiger charge is -2.21. The predicted octanol–water partition coefficient (Wildman–Crippen LogP) is 3.05. The molecule has 0 radical (unpaired) electrons. The SMILES string of the molecule is O=C(O)Cc1ccc(CNCC2CCCCC2)s1. The molecule has 1 aromatic heterocycles. The van der Waals surface area contributed by atoms with Crippen LogP contribution in [0.1, 0.15) is 41.9 Å². The van der Waals surface area contributed by atoms with Crippen LogP contribution in [-0.4, -0.2) is 17.6 Å². The van der Waals surface area contributed by atoms with Crippen molar-refractivity contribution < 1.29 is 9.90 Å².